The number of nitro groups is 1. The number of aliphatic carboxylic acids is 1. The number of amides is 1. The number of alkyl halides is 3. The third kappa shape index (κ3) is 3.70. The summed E-state index contributed by atoms with van der Waals surface area (Å²) in [5.41, 5.74) is -1.12. The van der Waals surface area contributed by atoms with Gasteiger partial charge in [0.05, 0.1) is 23.4 Å². The molecule has 1 aromatic rings. The van der Waals surface area contributed by atoms with E-state index in [1.54, 1.807) is 6.92 Å². The van der Waals surface area contributed by atoms with E-state index in [2.05, 4.69) is 0 Å². The largest absolute Gasteiger partial charge is 0.493 e. The molecule has 1 aromatic carbocycles. The van der Waals surface area contributed by atoms with Crippen LogP contribution < -0.4 is 4.74 Å². The molecule has 1 aliphatic rings. The minimum absolute atomic E-state index is 0.0738. The standard InChI is InChI=1S/C15H15F3N2O6/c1-2-26-11-5-3-4-10(20(24)25)12(11)13(21)19-6-8(14(22)23)9(7-19)15(16,17)18/h3-5,8-9H,2,6-7H2,1H3,(H,22,23)/t8-,9-/m1/s1. The number of ether oxygens (including phenoxy) is 1. The molecule has 0 radical (unpaired) electrons. The Balaban J connectivity index is 2.43. The predicted molar refractivity (Wildman–Crippen MR) is 80.8 cm³/mol. The summed E-state index contributed by atoms with van der Waals surface area (Å²) in [7, 11) is 0. The molecule has 1 heterocycles. The van der Waals surface area contributed by atoms with E-state index in [0.29, 0.717) is 4.90 Å². The summed E-state index contributed by atoms with van der Waals surface area (Å²) in [5, 5.41) is 20.2. The van der Waals surface area contributed by atoms with Crippen LogP contribution in [0.3, 0.4) is 0 Å². The molecule has 0 aliphatic carbocycles. The summed E-state index contributed by atoms with van der Waals surface area (Å²) in [4.78, 5) is 34.8. The Hall–Kier alpha value is -2.85. The third-order valence-electron chi connectivity index (χ3n) is 4.06. The highest BCUT2D eigenvalue weighted by molar-refractivity contribution is 6.01. The van der Waals surface area contributed by atoms with E-state index < -0.39 is 59.2 Å². The maximum Gasteiger partial charge on any atom is 0.394 e. The average molecular weight is 376 g/mol. The van der Waals surface area contributed by atoms with Crippen molar-refractivity contribution in [3.63, 3.8) is 0 Å². The van der Waals surface area contributed by atoms with E-state index in [1.807, 2.05) is 0 Å². The van der Waals surface area contributed by atoms with E-state index in [0.717, 1.165) is 6.07 Å². The SMILES string of the molecule is CCOc1cccc([N+](=O)[O-])c1C(=O)N1C[C@@H](C(F)(F)F)[C@H](C(=O)O)C1. The smallest absolute Gasteiger partial charge is 0.394 e. The predicted octanol–water partition coefficient (Wildman–Crippen LogP) is 2.33. The van der Waals surface area contributed by atoms with Crippen molar-refractivity contribution in [3.05, 3.63) is 33.9 Å². The summed E-state index contributed by atoms with van der Waals surface area (Å²) in [6.45, 7) is 0.0559. The van der Waals surface area contributed by atoms with Crippen LogP contribution in [0.2, 0.25) is 0 Å². The summed E-state index contributed by atoms with van der Waals surface area (Å²) >= 11 is 0. The lowest BCUT2D eigenvalue weighted by atomic mass is 9.96. The Bertz CT molecular complexity index is 737. The first-order chi connectivity index (χ1) is 12.1. The molecule has 0 unspecified atom stereocenters. The average Bonchev–Trinajstić information content (AvgIpc) is 3.00. The first-order valence-corrected chi connectivity index (χ1v) is 7.56. The molecule has 0 saturated carbocycles. The molecule has 0 spiro atoms. The molecule has 2 atom stereocenters. The number of carbonyl (C=O) groups is 2. The van der Waals surface area contributed by atoms with Crippen molar-refractivity contribution in [3.8, 4) is 5.75 Å². The normalized spacial score (nSPS) is 20.1. The van der Waals surface area contributed by atoms with Crippen molar-refractivity contribution < 1.29 is 37.5 Å². The number of rotatable bonds is 5. The zero-order chi connectivity index (χ0) is 19.6. The number of nitro benzene ring substituents is 1. The molecule has 0 aromatic heterocycles. The fourth-order valence-corrected chi connectivity index (χ4v) is 2.87. The van der Waals surface area contributed by atoms with Gasteiger partial charge in [0.2, 0.25) is 0 Å². The van der Waals surface area contributed by atoms with E-state index in [4.69, 9.17) is 9.84 Å². The van der Waals surface area contributed by atoms with Gasteiger partial charge in [-0.15, -0.1) is 0 Å². The zero-order valence-corrected chi connectivity index (χ0v) is 13.5. The van der Waals surface area contributed by atoms with Crippen molar-refractivity contribution in [2.45, 2.75) is 13.1 Å². The van der Waals surface area contributed by atoms with Gasteiger partial charge >= 0.3 is 12.1 Å². The molecule has 1 N–H and O–H groups in total. The van der Waals surface area contributed by atoms with Gasteiger partial charge in [-0.2, -0.15) is 13.2 Å². The second kappa shape index (κ2) is 7.18. The molecule has 8 nitrogen and oxygen atoms in total. The number of carbonyl (C=O) groups excluding carboxylic acids is 1. The number of halogens is 3. The fourth-order valence-electron chi connectivity index (χ4n) is 2.87. The van der Waals surface area contributed by atoms with Crippen LogP contribution in [0, 0.1) is 22.0 Å². The molecule has 1 fully saturated rings. The summed E-state index contributed by atoms with van der Waals surface area (Å²) in [5.74, 6) is -6.98. The van der Waals surface area contributed by atoms with Gasteiger partial charge in [0, 0.05) is 19.2 Å². The quantitative estimate of drug-likeness (QED) is 0.624. The zero-order valence-electron chi connectivity index (χ0n) is 13.5. The summed E-state index contributed by atoms with van der Waals surface area (Å²) in [6, 6.07) is 3.60. The summed E-state index contributed by atoms with van der Waals surface area (Å²) in [6.07, 6.45) is -4.82. The Morgan fingerprint density at radius 1 is 1.38 bits per heavy atom. The highest BCUT2D eigenvalue weighted by atomic mass is 19.4. The molecule has 1 saturated heterocycles. The molecule has 11 heteroatoms. The number of carboxylic acid groups (broad SMARTS) is 1. The van der Waals surface area contributed by atoms with Crippen LogP contribution in [0.15, 0.2) is 18.2 Å². The molecule has 2 rings (SSSR count). The lowest BCUT2D eigenvalue weighted by molar-refractivity contribution is -0.385. The first kappa shape index (κ1) is 19.5. The second-order valence-electron chi connectivity index (χ2n) is 5.64. The Labute approximate surface area is 145 Å². The molecular formula is C15H15F3N2O6. The lowest BCUT2D eigenvalue weighted by Gasteiger charge is -2.19. The lowest BCUT2D eigenvalue weighted by Crippen LogP contribution is -2.34. The van der Waals surface area contributed by atoms with E-state index >= 15 is 0 Å². The monoisotopic (exact) mass is 376 g/mol. The second-order valence-corrected chi connectivity index (χ2v) is 5.64. The van der Waals surface area contributed by atoms with Gasteiger partial charge in [0.1, 0.15) is 5.75 Å². The number of hydrogen-bond acceptors (Lipinski definition) is 5. The highest BCUT2D eigenvalue weighted by Crippen LogP contribution is 2.39. The number of benzene rings is 1. The van der Waals surface area contributed by atoms with Crippen LogP contribution in [-0.2, 0) is 4.79 Å². The van der Waals surface area contributed by atoms with Gasteiger partial charge in [-0.25, -0.2) is 0 Å². The number of nitrogens with zero attached hydrogens (tertiary/aromatic N) is 2. The maximum absolute atomic E-state index is 13.1. The minimum Gasteiger partial charge on any atom is -0.493 e. The van der Waals surface area contributed by atoms with Crippen molar-refractivity contribution >= 4 is 17.6 Å². The van der Waals surface area contributed by atoms with E-state index in [-0.39, 0.29) is 12.4 Å². The Morgan fingerprint density at radius 2 is 2.04 bits per heavy atom. The number of carboxylic acids is 1. The van der Waals surface area contributed by atoms with Gasteiger partial charge in [-0.1, -0.05) is 6.07 Å². The van der Waals surface area contributed by atoms with Gasteiger partial charge in [0.25, 0.3) is 11.6 Å². The molecule has 26 heavy (non-hydrogen) atoms. The van der Waals surface area contributed by atoms with Gasteiger partial charge in [0.15, 0.2) is 5.56 Å². The fraction of sp³-hybridized carbons (Fsp3) is 0.467. The highest BCUT2D eigenvalue weighted by Gasteiger charge is 2.54. The van der Waals surface area contributed by atoms with Crippen LogP contribution in [0.1, 0.15) is 17.3 Å². The molecule has 1 amide bonds. The summed E-state index contributed by atoms with van der Waals surface area (Å²) < 4.78 is 44.4. The Kier molecular flexibility index (Phi) is 5.38. The Morgan fingerprint density at radius 3 is 2.50 bits per heavy atom. The van der Waals surface area contributed by atoms with Crippen LogP contribution in [0.5, 0.6) is 5.75 Å². The first-order valence-electron chi connectivity index (χ1n) is 7.56. The van der Waals surface area contributed by atoms with Crippen LogP contribution in [0.25, 0.3) is 0 Å². The van der Waals surface area contributed by atoms with Crippen LogP contribution in [-0.4, -0.2) is 52.7 Å². The molecule has 1 aliphatic heterocycles. The third-order valence-corrected chi connectivity index (χ3v) is 4.06. The van der Waals surface area contributed by atoms with Gasteiger partial charge in [-0.05, 0) is 13.0 Å². The van der Waals surface area contributed by atoms with Crippen molar-refractivity contribution in [1.29, 1.82) is 0 Å². The van der Waals surface area contributed by atoms with E-state index in [9.17, 15) is 32.9 Å². The molecule has 0 bridgehead atoms. The number of likely N-dealkylation sites (tertiary alicyclic amines) is 1. The van der Waals surface area contributed by atoms with Crippen molar-refractivity contribution in [2.24, 2.45) is 11.8 Å². The topological polar surface area (TPSA) is 110 Å². The van der Waals surface area contributed by atoms with Gasteiger partial charge in [-0.3, -0.25) is 19.7 Å². The van der Waals surface area contributed by atoms with Crippen LogP contribution in [0.4, 0.5) is 18.9 Å². The number of hydrogen-bond donors (Lipinski definition) is 1. The molecular weight excluding hydrogens is 361 g/mol. The van der Waals surface area contributed by atoms with Crippen molar-refractivity contribution in [1.82, 2.24) is 4.90 Å². The molecule has 142 valence electrons. The van der Waals surface area contributed by atoms with Gasteiger partial charge < -0.3 is 14.7 Å². The minimum atomic E-state index is -4.82. The van der Waals surface area contributed by atoms with E-state index in [1.165, 1.54) is 12.1 Å². The maximum atomic E-state index is 13.1. The van der Waals surface area contributed by atoms with Crippen molar-refractivity contribution in [2.75, 3.05) is 19.7 Å². The van der Waals surface area contributed by atoms with Crippen LogP contribution >= 0.6 is 0 Å².